The molecule has 3 aliphatic rings. The molecule has 2 aliphatic carbocycles. The molecular weight excluding hydrogens is 399 g/mol. The van der Waals surface area contributed by atoms with Crippen LogP contribution >= 0.6 is 0 Å². The first-order valence-corrected chi connectivity index (χ1v) is 11.1. The van der Waals surface area contributed by atoms with Crippen LogP contribution in [0.1, 0.15) is 78.1 Å². The van der Waals surface area contributed by atoms with Gasteiger partial charge in [0, 0.05) is 12.5 Å². The lowest BCUT2D eigenvalue weighted by Gasteiger charge is -2.38. The molecular formula is C21H32F3N3O3. The van der Waals surface area contributed by atoms with Gasteiger partial charge in [-0.2, -0.15) is 13.2 Å². The highest BCUT2D eigenvalue weighted by molar-refractivity contribution is 6.09. The molecule has 1 saturated heterocycles. The molecule has 3 fully saturated rings. The number of halogens is 3. The monoisotopic (exact) mass is 431 g/mol. The van der Waals surface area contributed by atoms with Gasteiger partial charge < -0.3 is 5.32 Å². The normalized spacial score (nSPS) is 33.5. The van der Waals surface area contributed by atoms with Crippen molar-refractivity contribution in [3.63, 3.8) is 0 Å². The van der Waals surface area contributed by atoms with Crippen molar-refractivity contribution < 1.29 is 27.6 Å². The molecule has 1 heterocycles. The van der Waals surface area contributed by atoms with Crippen molar-refractivity contribution in [2.45, 2.75) is 95.9 Å². The van der Waals surface area contributed by atoms with Crippen LogP contribution in [0.5, 0.6) is 0 Å². The van der Waals surface area contributed by atoms with Crippen molar-refractivity contribution in [3.8, 4) is 0 Å². The van der Waals surface area contributed by atoms with Crippen molar-refractivity contribution in [2.24, 2.45) is 17.8 Å². The smallest absolute Gasteiger partial charge is 0.318 e. The Hall–Kier alpha value is -1.80. The van der Waals surface area contributed by atoms with E-state index >= 15 is 0 Å². The summed E-state index contributed by atoms with van der Waals surface area (Å²) in [7, 11) is 0. The number of nitrogens with zero attached hydrogens (tertiary/aromatic N) is 1. The second-order valence-electron chi connectivity index (χ2n) is 9.28. The van der Waals surface area contributed by atoms with Crippen LogP contribution in [0.25, 0.3) is 0 Å². The topological polar surface area (TPSA) is 78.5 Å². The largest absolute Gasteiger partial charge is 0.440 e. The van der Waals surface area contributed by atoms with Gasteiger partial charge in [-0.15, -0.1) is 0 Å². The highest BCUT2D eigenvalue weighted by Gasteiger charge is 2.69. The number of imide groups is 1. The summed E-state index contributed by atoms with van der Waals surface area (Å²) in [6, 6.07) is -1.69. The molecule has 0 bridgehead atoms. The highest BCUT2D eigenvalue weighted by Crippen LogP contribution is 2.39. The first-order chi connectivity index (χ1) is 14.1. The highest BCUT2D eigenvalue weighted by atomic mass is 19.4. The minimum atomic E-state index is -5.14. The van der Waals surface area contributed by atoms with Crippen LogP contribution in [0.15, 0.2) is 0 Å². The van der Waals surface area contributed by atoms with Gasteiger partial charge in [0.15, 0.2) is 0 Å². The first kappa shape index (κ1) is 22.9. The first-order valence-electron chi connectivity index (χ1n) is 11.1. The number of carbonyl (C=O) groups is 3. The fraction of sp³-hybridized carbons (Fsp3) is 0.857. The van der Waals surface area contributed by atoms with Crippen LogP contribution in [-0.4, -0.2) is 40.6 Å². The molecule has 0 radical (unpaired) electrons. The van der Waals surface area contributed by atoms with Crippen molar-refractivity contribution in [2.75, 3.05) is 0 Å². The summed E-state index contributed by atoms with van der Waals surface area (Å²) in [5, 5.41) is 3.65. The zero-order valence-corrected chi connectivity index (χ0v) is 17.7. The minimum Gasteiger partial charge on any atom is -0.318 e. The summed E-state index contributed by atoms with van der Waals surface area (Å²) in [5.74, 6) is -1.88. The summed E-state index contributed by atoms with van der Waals surface area (Å²) in [6.07, 6.45) is 2.59. The SMILES string of the molecule is C[C@H]1[C@@H](C)CCC[C@@H]1N1C(=O)N[C@@](NC(=O)CCC2CCCCC2)(C(F)(F)F)C1=O. The second-order valence-corrected chi connectivity index (χ2v) is 9.28. The van der Waals surface area contributed by atoms with E-state index in [1.807, 2.05) is 19.2 Å². The molecule has 4 amide bonds. The van der Waals surface area contributed by atoms with Crippen molar-refractivity contribution in [1.29, 1.82) is 0 Å². The van der Waals surface area contributed by atoms with Gasteiger partial charge in [0.1, 0.15) is 0 Å². The van der Waals surface area contributed by atoms with Crippen molar-refractivity contribution in [1.82, 2.24) is 15.5 Å². The van der Waals surface area contributed by atoms with E-state index in [9.17, 15) is 27.6 Å². The maximum Gasteiger partial charge on any atom is 0.440 e. The molecule has 170 valence electrons. The molecule has 4 atom stereocenters. The lowest BCUT2D eigenvalue weighted by atomic mass is 9.77. The third-order valence-electron chi connectivity index (χ3n) is 7.30. The van der Waals surface area contributed by atoms with E-state index in [2.05, 4.69) is 0 Å². The summed E-state index contributed by atoms with van der Waals surface area (Å²) >= 11 is 0. The van der Waals surface area contributed by atoms with Crippen molar-refractivity contribution in [3.05, 3.63) is 0 Å². The fourth-order valence-corrected chi connectivity index (χ4v) is 5.20. The minimum absolute atomic E-state index is 0.0947. The number of carbonyl (C=O) groups excluding carboxylic acids is 3. The lowest BCUT2D eigenvalue weighted by molar-refractivity contribution is -0.205. The molecule has 0 spiro atoms. The van der Waals surface area contributed by atoms with E-state index in [4.69, 9.17) is 0 Å². The second kappa shape index (κ2) is 8.75. The standard InChI is InChI=1S/C21H32F3N3O3/c1-13-7-6-10-16(14(13)2)27-18(29)20(21(22,23)24,26-19(27)30)25-17(28)12-11-15-8-4-3-5-9-15/h13-16H,3-12H2,1-2H3,(H,25,28)(H,26,30)/t13-,14-,16-,20+/m0/s1. The number of hydrogen-bond acceptors (Lipinski definition) is 3. The van der Waals surface area contributed by atoms with E-state index in [0.29, 0.717) is 23.7 Å². The van der Waals surface area contributed by atoms with E-state index in [0.717, 1.165) is 44.9 Å². The quantitative estimate of drug-likeness (QED) is 0.644. The van der Waals surface area contributed by atoms with Gasteiger partial charge >= 0.3 is 12.2 Å². The Kier molecular flexibility index (Phi) is 6.67. The van der Waals surface area contributed by atoms with E-state index in [1.165, 1.54) is 0 Å². The zero-order valence-electron chi connectivity index (χ0n) is 17.7. The van der Waals surface area contributed by atoms with Gasteiger partial charge in [-0.05, 0) is 30.6 Å². The average Bonchev–Trinajstić information content (AvgIpc) is 2.94. The molecule has 0 unspecified atom stereocenters. The predicted octanol–water partition coefficient (Wildman–Crippen LogP) is 4.10. The summed E-state index contributed by atoms with van der Waals surface area (Å²) in [5.41, 5.74) is -3.38. The maximum atomic E-state index is 14.0. The number of nitrogens with one attached hydrogen (secondary N) is 2. The fourth-order valence-electron chi connectivity index (χ4n) is 5.20. The molecule has 30 heavy (non-hydrogen) atoms. The van der Waals surface area contributed by atoms with Crippen molar-refractivity contribution >= 4 is 17.8 Å². The summed E-state index contributed by atoms with van der Waals surface area (Å²) in [6.45, 7) is 3.82. The number of amides is 4. The molecule has 2 saturated carbocycles. The number of alkyl halides is 3. The van der Waals surface area contributed by atoms with Crippen LogP contribution in [0.2, 0.25) is 0 Å². The molecule has 1 aliphatic heterocycles. The number of hydrogen-bond donors (Lipinski definition) is 2. The van der Waals surface area contributed by atoms with E-state index < -0.39 is 35.7 Å². The molecule has 0 aromatic rings. The molecule has 6 nitrogen and oxygen atoms in total. The Morgan fingerprint density at radius 1 is 1.10 bits per heavy atom. The molecule has 0 aromatic heterocycles. The van der Waals surface area contributed by atoms with Gasteiger partial charge in [-0.3, -0.25) is 19.8 Å². The van der Waals surface area contributed by atoms with E-state index in [-0.39, 0.29) is 18.3 Å². The molecule has 3 rings (SSSR count). The Bertz CT molecular complexity index is 678. The van der Waals surface area contributed by atoms with Crippen LogP contribution < -0.4 is 10.6 Å². The van der Waals surface area contributed by atoms with Crippen LogP contribution in [0.3, 0.4) is 0 Å². The third-order valence-corrected chi connectivity index (χ3v) is 7.30. The summed E-state index contributed by atoms with van der Waals surface area (Å²) < 4.78 is 42.1. The number of urea groups is 1. The predicted molar refractivity (Wildman–Crippen MR) is 104 cm³/mol. The summed E-state index contributed by atoms with van der Waals surface area (Å²) in [4.78, 5) is 38.6. The van der Waals surface area contributed by atoms with Crippen LogP contribution in [-0.2, 0) is 9.59 Å². The maximum absolute atomic E-state index is 14.0. The Morgan fingerprint density at radius 2 is 1.77 bits per heavy atom. The Balaban J connectivity index is 1.75. The molecule has 2 N–H and O–H groups in total. The molecule has 0 aromatic carbocycles. The van der Waals surface area contributed by atoms with Crippen LogP contribution in [0, 0.1) is 17.8 Å². The van der Waals surface area contributed by atoms with Gasteiger partial charge in [-0.25, -0.2) is 4.79 Å². The van der Waals surface area contributed by atoms with E-state index in [1.54, 1.807) is 5.32 Å². The van der Waals surface area contributed by atoms with Gasteiger partial charge in [0.05, 0.1) is 0 Å². The Labute approximate surface area is 175 Å². The Morgan fingerprint density at radius 3 is 2.40 bits per heavy atom. The number of rotatable bonds is 5. The van der Waals surface area contributed by atoms with Gasteiger partial charge in [0.25, 0.3) is 11.6 Å². The van der Waals surface area contributed by atoms with Gasteiger partial charge in [0.2, 0.25) is 5.91 Å². The molecule has 9 heteroatoms. The van der Waals surface area contributed by atoms with Crippen LogP contribution in [0.4, 0.5) is 18.0 Å². The van der Waals surface area contributed by atoms with Gasteiger partial charge in [-0.1, -0.05) is 58.8 Å². The lowest BCUT2D eigenvalue weighted by Crippen LogP contribution is -2.69. The zero-order chi connectivity index (χ0) is 22.1. The third kappa shape index (κ3) is 4.30. The average molecular weight is 431 g/mol.